The molecule has 19 heavy (non-hydrogen) atoms. The fraction of sp³-hybridized carbons (Fsp3) is 0.143. The van der Waals surface area contributed by atoms with Crippen molar-refractivity contribution in [3.8, 4) is 5.75 Å². The molecule has 0 unspecified atom stereocenters. The zero-order chi connectivity index (χ0) is 14.1. The lowest BCUT2D eigenvalue weighted by Crippen LogP contribution is -2.06. The minimum absolute atomic E-state index is 0.292. The van der Waals surface area contributed by atoms with Gasteiger partial charge in [0.1, 0.15) is 23.2 Å². The van der Waals surface area contributed by atoms with Crippen LogP contribution in [0.25, 0.3) is 5.52 Å². The average molecular weight is 258 g/mol. The summed E-state index contributed by atoms with van der Waals surface area (Å²) in [6, 6.07) is 6.78. The van der Waals surface area contributed by atoms with E-state index < -0.39 is 0 Å². The molecule has 0 aliphatic rings. The molecule has 5 heteroatoms. The van der Waals surface area contributed by atoms with E-state index in [9.17, 15) is 4.39 Å². The first-order valence-electron chi connectivity index (χ1n) is 6.36. The Balaban J connectivity index is 1.93. The maximum absolute atomic E-state index is 12.9. The van der Waals surface area contributed by atoms with Crippen molar-refractivity contribution in [2.24, 2.45) is 0 Å². The molecular formula is C14H12FN3O. The molecule has 3 heterocycles. The molecule has 0 aromatic carbocycles. The van der Waals surface area contributed by atoms with E-state index in [0.717, 1.165) is 6.20 Å². The monoisotopic (exact) mass is 258 g/mol. The molecule has 0 aliphatic carbocycles. The number of hydrogen-bond acceptors (Lipinski definition) is 3. The van der Waals surface area contributed by atoms with Gasteiger partial charge in [0.2, 0.25) is 0 Å². The fourth-order valence-corrected chi connectivity index (χ4v) is 1.84. The van der Waals surface area contributed by atoms with Gasteiger partial charge in [-0.15, -0.1) is 0 Å². The molecule has 3 aromatic heterocycles. The molecule has 0 saturated heterocycles. The molecule has 96 valence electrons. The Kier molecular flexibility index (Phi) is 2.58. The molecule has 0 spiro atoms. The van der Waals surface area contributed by atoms with Crippen LogP contribution in [0.15, 0.2) is 48.9 Å². The van der Waals surface area contributed by atoms with E-state index in [2.05, 4.69) is 10.1 Å². The summed E-state index contributed by atoms with van der Waals surface area (Å²) in [6.07, 6.45) is 4.02. The normalized spacial score (nSPS) is 13.3. The fourth-order valence-electron chi connectivity index (χ4n) is 1.84. The van der Waals surface area contributed by atoms with Crippen LogP contribution in [-0.2, 0) is 0 Å². The third-order valence-electron chi connectivity index (χ3n) is 2.79. The highest BCUT2D eigenvalue weighted by Crippen LogP contribution is 2.24. The van der Waals surface area contributed by atoms with Crippen molar-refractivity contribution in [1.29, 1.82) is 0 Å². The highest BCUT2D eigenvalue weighted by atomic mass is 19.1. The van der Waals surface area contributed by atoms with E-state index in [1.807, 2.05) is 6.92 Å². The molecule has 1 atom stereocenters. The third-order valence-corrected chi connectivity index (χ3v) is 2.79. The van der Waals surface area contributed by atoms with Crippen LogP contribution in [0.3, 0.4) is 0 Å². The summed E-state index contributed by atoms with van der Waals surface area (Å²) in [7, 11) is 0. The van der Waals surface area contributed by atoms with E-state index in [4.69, 9.17) is 6.11 Å². The van der Waals surface area contributed by atoms with E-state index in [1.54, 1.807) is 28.9 Å². The standard InChI is InChI=1S/C14H12FN3O/c1-10(12-5-4-11(15)9-16-12)19-14-3-2-8-18-13(14)6-7-17-18/h2-10H,1H3/t10-/m1/s1/i6D. The van der Waals surface area contributed by atoms with Gasteiger partial charge in [0, 0.05) is 6.20 Å². The summed E-state index contributed by atoms with van der Waals surface area (Å²) in [6.45, 7) is 1.82. The molecule has 0 radical (unpaired) electrons. The Morgan fingerprint density at radius 1 is 1.42 bits per heavy atom. The molecule has 0 bridgehead atoms. The molecule has 0 saturated carbocycles. The number of ether oxygens (including phenoxy) is 1. The van der Waals surface area contributed by atoms with Crippen LogP contribution < -0.4 is 4.74 Å². The average Bonchev–Trinajstić information content (AvgIpc) is 2.82. The highest BCUT2D eigenvalue weighted by Gasteiger charge is 2.11. The van der Waals surface area contributed by atoms with Gasteiger partial charge in [-0.1, -0.05) is 0 Å². The lowest BCUT2D eigenvalue weighted by molar-refractivity contribution is 0.223. The summed E-state index contributed by atoms with van der Waals surface area (Å²) >= 11 is 0. The van der Waals surface area contributed by atoms with Crippen LogP contribution in [0.1, 0.15) is 20.1 Å². The van der Waals surface area contributed by atoms with Gasteiger partial charge in [0.15, 0.2) is 0 Å². The summed E-state index contributed by atoms with van der Waals surface area (Å²) < 4.78 is 28.1. The van der Waals surface area contributed by atoms with Gasteiger partial charge in [-0.25, -0.2) is 8.91 Å². The van der Waals surface area contributed by atoms with E-state index >= 15 is 0 Å². The number of rotatable bonds is 3. The van der Waals surface area contributed by atoms with Gasteiger partial charge in [-0.05, 0) is 37.2 Å². The van der Waals surface area contributed by atoms with Gasteiger partial charge in [0.25, 0.3) is 0 Å². The summed E-state index contributed by atoms with van der Waals surface area (Å²) in [5.74, 6) is 0.168. The first kappa shape index (κ1) is 10.5. The van der Waals surface area contributed by atoms with Crippen LogP contribution in [0.5, 0.6) is 5.75 Å². The smallest absolute Gasteiger partial charge is 0.146 e. The number of halogens is 1. The van der Waals surface area contributed by atoms with Crippen molar-refractivity contribution in [3.05, 3.63) is 60.4 Å². The Bertz CT molecular complexity index is 742. The molecule has 3 aromatic rings. The van der Waals surface area contributed by atoms with Crippen LogP contribution in [-0.4, -0.2) is 14.6 Å². The van der Waals surface area contributed by atoms with Crippen LogP contribution in [0, 0.1) is 5.82 Å². The predicted molar refractivity (Wildman–Crippen MR) is 68.4 cm³/mol. The maximum atomic E-state index is 12.9. The minimum Gasteiger partial charge on any atom is -0.482 e. The first-order chi connectivity index (χ1) is 9.65. The second kappa shape index (κ2) is 4.68. The van der Waals surface area contributed by atoms with Gasteiger partial charge in [0.05, 0.1) is 19.5 Å². The summed E-state index contributed by atoms with van der Waals surface area (Å²) in [4.78, 5) is 4.00. The quantitative estimate of drug-likeness (QED) is 0.725. The first-order valence-corrected chi connectivity index (χ1v) is 5.86. The zero-order valence-corrected chi connectivity index (χ0v) is 10.2. The highest BCUT2D eigenvalue weighted by molar-refractivity contribution is 5.58. The van der Waals surface area contributed by atoms with Crippen molar-refractivity contribution in [2.45, 2.75) is 13.0 Å². The largest absolute Gasteiger partial charge is 0.482 e. The molecule has 0 fully saturated rings. The summed E-state index contributed by atoms with van der Waals surface area (Å²) in [5.41, 5.74) is 1.22. The second-order valence-electron chi connectivity index (χ2n) is 4.12. The van der Waals surface area contributed by atoms with Crippen LogP contribution in [0.2, 0.25) is 0 Å². The van der Waals surface area contributed by atoms with Crippen molar-refractivity contribution < 1.29 is 10.5 Å². The van der Waals surface area contributed by atoms with Crippen molar-refractivity contribution in [1.82, 2.24) is 14.6 Å². The van der Waals surface area contributed by atoms with E-state index in [1.165, 1.54) is 12.3 Å². The van der Waals surface area contributed by atoms with Gasteiger partial charge >= 0.3 is 0 Å². The minimum atomic E-state index is -0.382. The predicted octanol–water partition coefficient (Wildman–Crippen LogP) is 3.01. The van der Waals surface area contributed by atoms with Gasteiger partial charge in [-0.2, -0.15) is 5.10 Å². The number of aromatic nitrogens is 3. The number of fused-ring (bicyclic) bond motifs is 1. The SMILES string of the molecule is [2H]c1cnn2cccc(O[C@H](C)c3ccc(F)cn3)c12. The lowest BCUT2D eigenvalue weighted by atomic mass is 10.2. The topological polar surface area (TPSA) is 39.4 Å². The molecule has 4 nitrogen and oxygen atoms in total. The Hall–Kier alpha value is -2.43. The zero-order valence-electron chi connectivity index (χ0n) is 11.2. The van der Waals surface area contributed by atoms with Crippen LogP contribution >= 0.6 is 0 Å². The number of nitrogens with zero attached hydrogens (tertiary/aromatic N) is 3. The Labute approximate surface area is 110 Å². The van der Waals surface area contributed by atoms with Crippen LogP contribution in [0.4, 0.5) is 4.39 Å². The summed E-state index contributed by atoms with van der Waals surface area (Å²) in [5, 5.41) is 4.05. The molecule has 0 aliphatic heterocycles. The second-order valence-corrected chi connectivity index (χ2v) is 4.12. The maximum Gasteiger partial charge on any atom is 0.146 e. The molecule has 0 N–H and O–H groups in total. The molecular weight excluding hydrogens is 245 g/mol. The lowest BCUT2D eigenvalue weighted by Gasteiger charge is -2.14. The molecule has 0 amide bonds. The molecule has 3 rings (SSSR count). The third kappa shape index (κ3) is 2.27. The number of pyridine rings is 2. The van der Waals surface area contributed by atoms with Crippen molar-refractivity contribution in [3.63, 3.8) is 0 Å². The number of hydrogen-bond donors (Lipinski definition) is 0. The van der Waals surface area contributed by atoms with E-state index in [-0.39, 0.29) is 11.9 Å². The van der Waals surface area contributed by atoms with Crippen molar-refractivity contribution in [2.75, 3.05) is 0 Å². The van der Waals surface area contributed by atoms with Gasteiger partial charge < -0.3 is 4.74 Å². The Morgan fingerprint density at radius 2 is 2.32 bits per heavy atom. The van der Waals surface area contributed by atoms with Gasteiger partial charge in [-0.3, -0.25) is 4.98 Å². The van der Waals surface area contributed by atoms with E-state index in [0.29, 0.717) is 23.0 Å². The van der Waals surface area contributed by atoms with Crippen molar-refractivity contribution >= 4 is 5.52 Å². The Morgan fingerprint density at radius 3 is 3.11 bits per heavy atom.